The minimum absolute atomic E-state index is 0.291. The van der Waals surface area contributed by atoms with Gasteiger partial charge < -0.3 is 14.8 Å². The van der Waals surface area contributed by atoms with E-state index in [0.717, 1.165) is 17.5 Å². The van der Waals surface area contributed by atoms with E-state index in [1.54, 1.807) is 13.4 Å². The molecule has 2 aromatic heterocycles. The molecule has 2 heterocycles. The van der Waals surface area contributed by atoms with Crippen LogP contribution in [0.15, 0.2) is 15.9 Å². The lowest BCUT2D eigenvalue weighted by Crippen LogP contribution is -2.42. The molecule has 8 heteroatoms. The highest BCUT2D eigenvalue weighted by Crippen LogP contribution is 2.21. The van der Waals surface area contributed by atoms with E-state index in [0.29, 0.717) is 29.8 Å². The van der Waals surface area contributed by atoms with Gasteiger partial charge in [0.2, 0.25) is 0 Å². The largest absolute Gasteiger partial charge is 0.332 e. The van der Waals surface area contributed by atoms with Crippen molar-refractivity contribution < 1.29 is 0 Å². The van der Waals surface area contributed by atoms with Crippen molar-refractivity contribution in [2.45, 2.75) is 44.3 Å². The topological polar surface area (TPSA) is 77.1 Å². The maximum absolute atomic E-state index is 12.4. The molecule has 1 aliphatic carbocycles. The molecule has 1 fully saturated rings. The van der Waals surface area contributed by atoms with E-state index in [2.05, 4.69) is 29.3 Å². The van der Waals surface area contributed by atoms with Gasteiger partial charge in [0.1, 0.15) is 0 Å². The van der Waals surface area contributed by atoms with Gasteiger partial charge >= 0.3 is 5.69 Å². The molecular formula is C17H28N6O2. The smallest absolute Gasteiger partial charge is 0.323 e. The highest BCUT2D eigenvalue weighted by molar-refractivity contribution is 5.69. The van der Waals surface area contributed by atoms with Gasteiger partial charge in [-0.15, -0.1) is 0 Å². The molecule has 3 rings (SSSR count). The third-order valence-corrected chi connectivity index (χ3v) is 5.38. The average molecular weight is 348 g/mol. The van der Waals surface area contributed by atoms with Crippen molar-refractivity contribution in [2.24, 2.45) is 14.1 Å². The zero-order chi connectivity index (χ0) is 18.1. The zero-order valence-electron chi connectivity index (χ0n) is 15.5. The van der Waals surface area contributed by atoms with Crippen LogP contribution in [0.1, 0.15) is 25.7 Å². The van der Waals surface area contributed by atoms with Crippen LogP contribution in [0.3, 0.4) is 0 Å². The lowest BCUT2D eigenvalue weighted by molar-refractivity contribution is 0.198. The molecule has 0 aromatic carbocycles. The van der Waals surface area contributed by atoms with E-state index < -0.39 is 0 Å². The molecule has 25 heavy (non-hydrogen) atoms. The Morgan fingerprint density at radius 3 is 2.72 bits per heavy atom. The lowest BCUT2D eigenvalue weighted by Gasteiger charge is -2.33. The van der Waals surface area contributed by atoms with Crippen molar-refractivity contribution in [1.82, 2.24) is 28.9 Å². The van der Waals surface area contributed by atoms with Crippen LogP contribution in [0.2, 0.25) is 0 Å². The highest BCUT2D eigenvalue weighted by atomic mass is 16.2. The fraction of sp³-hybridized carbons (Fsp3) is 0.706. The molecule has 2 aromatic rings. The maximum atomic E-state index is 12.4. The normalized spacial score (nSPS) is 21.3. The van der Waals surface area contributed by atoms with Gasteiger partial charge in [-0.3, -0.25) is 13.9 Å². The monoisotopic (exact) mass is 348 g/mol. The van der Waals surface area contributed by atoms with Crippen molar-refractivity contribution in [3.8, 4) is 0 Å². The summed E-state index contributed by atoms with van der Waals surface area (Å²) in [5, 5.41) is 3.62. The van der Waals surface area contributed by atoms with Crippen molar-refractivity contribution in [3.05, 3.63) is 27.2 Å². The van der Waals surface area contributed by atoms with Gasteiger partial charge in [0.25, 0.3) is 5.56 Å². The Labute approximate surface area is 147 Å². The number of imidazole rings is 1. The van der Waals surface area contributed by atoms with Gasteiger partial charge in [-0.25, -0.2) is 9.78 Å². The molecule has 2 unspecified atom stereocenters. The molecule has 0 bridgehead atoms. The molecular weight excluding hydrogens is 320 g/mol. The van der Waals surface area contributed by atoms with Crippen LogP contribution >= 0.6 is 0 Å². The van der Waals surface area contributed by atoms with E-state index in [4.69, 9.17) is 0 Å². The number of nitrogens with zero attached hydrogens (tertiary/aromatic N) is 5. The number of aryl methyl sites for hydroxylation is 1. The van der Waals surface area contributed by atoms with Gasteiger partial charge in [-0.1, -0.05) is 6.42 Å². The quantitative estimate of drug-likeness (QED) is 0.816. The second kappa shape index (κ2) is 7.13. The number of fused-ring (bicyclic) bond motifs is 1. The van der Waals surface area contributed by atoms with Crippen LogP contribution < -0.4 is 16.6 Å². The first kappa shape index (κ1) is 17.9. The fourth-order valence-electron chi connectivity index (χ4n) is 3.77. The summed E-state index contributed by atoms with van der Waals surface area (Å²) in [6.45, 7) is 1.44. The summed E-state index contributed by atoms with van der Waals surface area (Å²) < 4.78 is 4.40. The fourth-order valence-corrected chi connectivity index (χ4v) is 3.77. The van der Waals surface area contributed by atoms with Crippen molar-refractivity contribution in [1.29, 1.82) is 0 Å². The first-order valence-corrected chi connectivity index (χ1v) is 8.90. The molecule has 1 N–H and O–H groups in total. The van der Waals surface area contributed by atoms with E-state index in [1.165, 1.54) is 30.9 Å². The minimum Gasteiger partial charge on any atom is -0.323 e. The van der Waals surface area contributed by atoms with Gasteiger partial charge in [-0.2, -0.15) is 0 Å². The van der Waals surface area contributed by atoms with Crippen LogP contribution in [0.5, 0.6) is 0 Å². The molecule has 0 saturated heterocycles. The Balaban J connectivity index is 1.70. The molecule has 138 valence electrons. The van der Waals surface area contributed by atoms with E-state index in [1.807, 2.05) is 4.57 Å². The third kappa shape index (κ3) is 3.41. The predicted molar refractivity (Wildman–Crippen MR) is 97.9 cm³/mol. The summed E-state index contributed by atoms with van der Waals surface area (Å²) in [6, 6.07) is 1.16. The summed E-state index contributed by atoms with van der Waals surface area (Å²) in [4.78, 5) is 31.0. The Morgan fingerprint density at radius 2 is 2.00 bits per heavy atom. The number of aromatic nitrogens is 4. The number of rotatable bonds is 5. The molecule has 1 saturated carbocycles. The van der Waals surface area contributed by atoms with E-state index >= 15 is 0 Å². The molecule has 8 nitrogen and oxygen atoms in total. The second-order valence-corrected chi connectivity index (χ2v) is 7.25. The Bertz CT molecular complexity index is 862. The summed E-state index contributed by atoms with van der Waals surface area (Å²) >= 11 is 0. The summed E-state index contributed by atoms with van der Waals surface area (Å²) in [7, 11) is 7.43. The summed E-state index contributed by atoms with van der Waals surface area (Å²) in [6.07, 6.45) is 6.52. The van der Waals surface area contributed by atoms with Crippen LogP contribution in [-0.2, 0) is 20.6 Å². The molecule has 0 amide bonds. The number of hydrogen-bond acceptors (Lipinski definition) is 5. The van der Waals surface area contributed by atoms with E-state index in [9.17, 15) is 9.59 Å². The third-order valence-electron chi connectivity index (χ3n) is 5.38. The van der Waals surface area contributed by atoms with Crippen LogP contribution in [-0.4, -0.2) is 56.3 Å². The maximum Gasteiger partial charge on any atom is 0.332 e. The minimum atomic E-state index is -0.349. The highest BCUT2D eigenvalue weighted by Gasteiger charge is 2.23. The SMILES string of the molecule is CN(C)C1CCCC(NCCn2cnc3c2c(=O)n(C)c(=O)n3C)C1. The van der Waals surface area contributed by atoms with Crippen molar-refractivity contribution >= 4 is 11.2 Å². The number of nitrogens with one attached hydrogen (secondary N) is 1. The molecule has 0 aliphatic heterocycles. The average Bonchev–Trinajstić information content (AvgIpc) is 3.02. The molecule has 1 aliphatic rings. The zero-order valence-corrected chi connectivity index (χ0v) is 15.5. The first-order valence-electron chi connectivity index (χ1n) is 8.90. The number of hydrogen-bond donors (Lipinski definition) is 1. The molecule has 2 atom stereocenters. The van der Waals surface area contributed by atoms with Crippen molar-refractivity contribution in [3.63, 3.8) is 0 Å². The van der Waals surface area contributed by atoms with Crippen LogP contribution in [0, 0.1) is 0 Å². The van der Waals surface area contributed by atoms with E-state index in [-0.39, 0.29) is 11.2 Å². The Hall–Kier alpha value is -1.93. The van der Waals surface area contributed by atoms with Gasteiger partial charge in [0.05, 0.1) is 6.33 Å². The van der Waals surface area contributed by atoms with Gasteiger partial charge in [0, 0.05) is 39.3 Å². The lowest BCUT2D eigenvalue weighted by atomic mass is 9.90. The molecule has 0 spiro atoms. The van der Waals surface area contributed by atoms with Gasteiger partial charge in [-0.05, 0) is 33.4 Å². The Kier molecular flexibility index (Phi) is 5.10. The van der Waals surface area contributed by atoms with Crippen LogP contribution in [0.4, 0.5) is 0 Å². The predicted octanol–water partition coefficient (Wildman–Crippen LogP) is -0.104. The molecule has 0 radical (unpaired) electrons. The summed E-state index contributed by atoms with van der Waals surface area (Å²) in [5.41, 5.74) is 0.290. The van der Waals surface area contributed by atoms with Crippen molar-refractivity contribution in [2.75, 3.05) is 20.6 Å². The van der Waals surface area contributed by atoms with Crippen LogP contribution in [0.25, 0.3) is 11.2 Å². The first-order chi connectivity index (χ1) is 11.9. The summed E-state index contributed by atoms with van der Waals surface area (Å²) in [5.74, 6) is 0. The Morgan fingerprint density at radius 1 is 1.24 bits per heavy atom. The van der Waals surface area contributed by atoms with Gasteiger partial charge in [0.15, 0.2) is 11.2 Å². The second-order valence-electron chi connectivity index (χ2n) is 7.25. The standard InChI is InChI=1S/C17H28N6O2/c1-20(2)13-7-5-6-12(10-13)18-8-9-23-11-19-15-14(23)16(24)22(4)17(25)21(15)3/h11-13,18H,5-10H2,1-4H3.